The van der Waals surface area contributed by atoms with E-state index in [1.165, 1.54) is 6.39 Å². The topological polar surface area (TPSA) is 115 Å². The summed E-state index contributed by atoms with van der Waals surface area (Å²) in [4.78, 5) is 8.35. The largest absolute Gasteiger partial charge is 0.496 e. The average molecular weight is 350 g/mol. The van der Waals surface area contributed by atoms with Crippen LogP contribution in [0.2, 0.25) is 0 Å². The lowest BCUT2D eigenvalue weighted by Gasteiger charge is -2.26. The average Bonchev–Trinajstić information content (AvgIpc) is 3.30. The number of nitrogens with two attached hydrogens (primary N) is 2. The lowest BCUT2D eigenvalue weighted by atomic mass is 10.0. The van der Waals surface area contributed by atoms with Crippen LogP contribution in [0.5, 0.6) is 5.75 Å². The summed E-state index contributed by atoms with van der Waals surface area (Å²) in [5.74, 6) is 0.259. The number of aromatic nitrogens is 1. The zero-order valence-corrected chi connectivity index (χ0v) is 14.1. The van der Waals surface area contributed by atoms with Crippen molar-refractivity contribution in [3.05, 3.63) is 66.7 Å². The number of anilines is 1. The van der Waals surface area contributed by atoms with E-state index in [2.05, 4.69) is 15.4 Å². The molecule has 4 rings (SSSR count). The van der Waals surface area contributed by atoms with Gasteiger partial charge >= 0.3 is 0 Å². The normalized spacial score (nSPS) is 19.5. The van der Waals surface area contributed by atoms with E-state index in [0.717, 1.165) is 11.3 Å². The fraction of sp³-hybridized carbons (Fsp3) is 0.111. The number of hydrazine groups is 1. The zero-order valence-electron chi connectivity index (χ0n) is 14.1. The van der Waals surface area contributed by atoms with Gasteiger partial charge in [-0.1, -0.05) is 24.3 Å². The monoisotopic (exact) mass is 350 g/mol. The number of aliphatic imine (C=N–C) groups is 1. The fourth-order valence-corrected chi connectivity index (χ4v) is 2.87. The van der Waals surface area contributed by atoms with Crippen LogP contribution in [0, 0.1) is 0 Å². The molecule has 0 spiro atoms. The molecule has 8 nitrogen and oxygen atoms in total. The van der Waals surface area contributed by atoms with Gasteiger partial charge in [-0.15, -0.1) is 0 Å². The molecule has 8 heteroatoms. The molecule has 1 aromatic heterocycles. The molecule has 0 bridgehead atoms. The minimum atomic E-state index is -1.22. The van der Waals surface area contributed by atoms with Crippen LogP contribution < -0.4 is 26.6 Å². The standard InChI is InChI=1S/C18H18N6O2/c1-25-15-9-12(7-8-14(15)16-10-21-11-26-16)18(20)22-17(19)24(23-18)13-5-3-2-4-6-13/h2-11,23H,20H2,1H3,(H2,19,22). The second kappa shape index (κ2) is 6.17. The highest BCUT2D eigenvalue weighted by Crippen LogP contribution is 2.34. The van der Waals surface area contributed by atoms with Gasteiger partial charge in [0.25, 0.3) is 0 Å². The molecule has 26 heavy (non-hydrogen) atoms. The minimum Gasteiger partial charge on any atom is -0.496 e. The lowest BCUT2D eigenvalue weighted by Crippen LogP contribution is -2.53. The van der Waals surface area contributed by atoms with E-state index < -0.39 is 5.79 Å². The number of hydrogen-bond donors (Lipinski definition) is 3. The Balaban J connectivity index is 1.69. The molecule has 0 aliphatic carbocycles. The Morgan fingerprint density at radius 1 is 1.19 bits per heavy atom. The molecule has 1 aliphatic rings. The van der Waals surface area contributed by atoms with Crippen LogP contribution in [0.15, 0.2) is 70.5 Å². The van der Waals surface area contributed by atoms with Crippen LogP contribution in [0.1, 0.15) is 5.56 Å². The van der Waals surface area contributed by atoms with Gasteiger partial charge in [-0.2, -0.15) is 5.43 Å². The maximum Gasteiger partial charge on any atom is 0.214 e. The highest BCUT2D eigenvalue weighted by Gasteiger charge is 2.37. The van der Waals surface area contributed by atoms with Crippen molar-refractivity contribution in [1.82, 2.24) is 10.4 Å². The van der Waals surface area contributed by atoms with Gasteiger partial charge in [-0.3, -0.25) is 5.73 Å². The number of nitrogens with one attached hydrogen (secondary N) is 1. The SMILES string of the molecule is COc1cc(C2(N)N=C(N)N(c3ccccc3)N2)ccc1-c1cnco1. The first-order chi connectivity index (χ1) is 12.6. The molecule has 1 unspecified atom stereocenters. The molecule has 2 heterocycles. The summed E-state index contributed by atoms with van der Waals surface area (Å²) in [6.07, 6.45) is 2.99. The van der Waals surface area contributed by atoms with Crippen LogP contribution in [-0.2, 0) is 5.79 Å². The van der Waals surface area contributed by atoms with E-state index in [4.69, 9.17) is 20.6 Å². The smallest absolute Gasteiger partial charge is 0.214 e. The van der Waals surface area contributed by atoms with Crippen molar-refractivity contribution in [3.8, 4) is 17.1 Å². The third-order valence-electron chi connectivity index (χ3n) is 4.16. The Bertz CT molecular complexity index is 942. The summed E-state index contributed by atoms with van der Waals surface area (Å²) in [6, 6.07) is 15.1. The Labute approximate surface area is 150 Å². The number of ether oxygens (including phenoxy) is 1. The number of hydrogen-bond acceptors (Lipinski definition) is 8. The van der Waals surface area contributed by atoms with Crippen LogP contribution >= 0.6 is 0 Å². The second-order valence-electron chi connectivity index (χ2n) is 5.80. The van der Waals surface area contributed by atoms with Crippen LogP contribution in [-0.4, -0.2) is 18.1 Å². The van der Waals surface area contributed by atoms with E-state index in [1.54, 1.807) is 24.4 Å². The first kappa shape index (κ1) is 16.1. The zero-order chi connectivity index (χ0) is 18.1. The summed E-state index contributed by atoms with van der Waals surface area (Å²) >= 11 is 0. The molecule has 0 amide bonds. The third-order valence-corrected chi connectivity index (χ3v) is 4.16. The summed E-state index contributed by atoms with van der Waals surface area (Å²) in [6.45, 7) is 0. The molecule has 1 atom stereocenters. The molecule has 0 saturated carbocycles. The minimum absolute atomic E-state index is 0.275. The second-order valence-corrected chi connectivity index (χ2v) is 5.80. The molecular formula is C18H18N6O2. The van der Waals surface area contributed by atoms with Gasteiger partial charge in [-0.25, -0.2) is 15.0 Å². The van der Waals surface area contributed by atoms with E-state index in [1.807, 2.05) is 42.5 Å². The summed E-state index contributed by atoms with van der Waals surface area (Å²) in [7, 11) is 1.58. The van der Waals surface area contributed by atoms with Crippen molar-refractivity contribution in [3.63, 3.8) is 0 Å². The Hall–Kier alpha value is -3.36. The van der Waals surface area contributed by atoms with Crippen molar-refractivity contribution in [2.45, 2.75) is 5.79 Å². The third kappa shape index (κ3) is 2.67. The molecule has 5 N–H and O–H groups in total. The Kier molecular flexibility index (Phi) is 3.83. The number of nitrogens with zero attached hydrogens (tertiary/aromatic N) is 3. The number of benzene rings is 2. The van der Waals surface area contributed by atoms with Gasteiger partial charge in [0, 0.05) is 5.56 Å². The first-order valence-electron chi connectivity index (χ1n) is 7.95. The van der Waals surface area contributed by atoms with Gasteiger partial charge in [0.1, 0.15) is 5.75 Å². The maximum atomic E-state index is 6.48. The lowest BCUT2D eigenvalue weighted by molar-refractivity contribution is 0.387. The molecular weight excluding hydrogens is 332 g/mol. The number of para-hydroxylation sites is 1. The van der Waals surface area contributed by atoms with Crippen molar-refractivity contribution >= 4 is 11.6 Å². The van der Waals surface area contributed by atoms with Crippen LogP contribution in [0.4, 0.5) is 5.69 Å². The number of rotatable bonds is 4. The maximum absolute atomic E-state index is 6.48. The molecule has 3 aromatic rings. The van der Waals surface area contributed by atoms with E-state index in [0.29, 0.717) is 17.1 Å². The van der Waals surface area contributed by atoms with E-state index >= 15 is 0 Å². The molecule has 1 aliphatic heterocycles. The van der Waals surface area contributed by atoms with Crippen LogP contribution in [0.3, 0.4) is 0 Å². The van der Waals surface area contributed by atoms with Crippen molar-refractivity contribution < 1.29 is 9.15 Å². The van der Waals surface area contributed by atoms with Gasteiger partial charge < -0.3 is 14.9 Å². The van der Waals surface area contributed by atoms with Crippen LogP contribution in [0.25, 0.3) is 11.3 Å². The molecule has 132 valence electrons. The van der Waals surface area contributed by atoms with Crippen molar-refractivity contribution in [1.29, 1.82) is 0 Å². The van der Waals surface area contributed by atoms with Gasteiger partial charge in [-0.05, 0) is 24.3 Å². The predicted octanol–water partition coefficient (Wildman–Crippen LogP) is 1.76. The van der Waals surface area contributed by atoms with Gasteiger partial charge in [0.2, 0.25) is 11.7 Å². The molecule has 0 fully saturated rings. The highest BCUT2D eigenvalue weighted by molar-refractivity contribution is 5.96. The van der Waals surface area contributed by atoms with Crippen molar-refractivity contribution in [2.75, 3.05) is 12.1 Å². The summed E-state index contributed by atoms with van der Waals surface area (Å²) in [5, 5.41) is 1.65. The summed E-state index contributed by atoms with van der Waals surface area (Å²) in [5.41, 5.74) is 18.0. The van der Waals surface area contributed by atoms with Crippen molar-refractivity contribution in [2.24, 2.45) is 16.5 Å². The van der Waals surface area contributed by atoms with E-state index in [9.17, 15) is 0 Å². The number of oxazole rings is 1. The Morgan fingerprint density at radius 2 is 2.00 bits per heavy atom. The van der Waals surface area contributed by atoms with Gasteiger partial charge in [0.15, 0.2) is 12.2 Å². The highest BCUT2D eigenvalue weighted by atomic mass is 16.5. The van der Waals surface area contributed by atoms with E-state index in [-0.39, 0.29) is 5.96 Å². The van der Waals surface area contributed by atoms with Gasteiger partial charge in [0.05, 0.1) is 24.6 Å². The first-order valence-corrected chi connectivity index (χ1v) is 7.95. The number of guanidine groups is 1. The quantitative estimate of drug-likeness (QED) is 0.657. The Morgan fingerprint density at radius 3 is 2.69 bits per heavy atom. The molecule has 0 radical (unpaired) electrons. The number of methoxy groups -OCH3 is 1. The summed E-state index contributed by atoms with van der Waals surface area (Å²) < 4.78 is 10.8. The molecule has 2 aromatic carbocycles. The predicted molar refractivity (Wildman–Crippen MR) is 98.0 cm³/mol. The fourth-order valence-electron chi connectivity index (χ4n) is 2.87. The molecule has 0 saturated heterocycles.